The molecular weight excluding hydrogens is 232 g/mol. The van der Waals surface area contributed by atoms with Crippen LogP contribution >= 0.6 is 0 Å². The van der Waals surface area contributed by atoms with Crippen LogP contribution in [0.4, 0.5) is 5.82 Å². The van der Waals surface area contributed by atoms with E-state index in [9.17, 15) is 5.11 Å². The van der Waals surface area contributed by atoms with Crippen LogP contribution in [0, 0.1) is 6.92 Å². The normalized spacial score (nSPS) is 12.8. The Morgan fingerprint density at radius 1 is 1.56 bits per heavy atom. The second-order valence-corrected chi connectivity index (χ2v) is 4.08. The zero-order valence-corrected chi connectivity index (χ0v) is 10.6. The van der Waals surface area contributed by atoms with E-state index in [-0.39, 0.29) is 0 Å². The van der Waals surface area contributed by atoms with E-state index in [2.05, 4.69) is 15.4 Å². The molecular formula is C12H18N4O2. The van der Waals surface area contributed by atoms with Crippen molar-refractivity contribution in [1.29, 1.82) is 0 Å². The fourth-order valence-corrected chi connectivity index (χ4v) is 1.70. The van der Waals surface area contributed by atoms with Crippen molar-refractivity contribution < 1.29 is 9.84 Å². The summed E-state index contributed by atoms with van der Waals surface area (Å²) in [7, 11) is 0. The highest BCUT2D eigenvalue weighted by Gasteiger charge is 2.07. The molecule has 0 aromatic carbocycles. The Hall–Kier alpha value is -1.66. The predicted molar refractivity (Wildman–Crippen MR) is 68.7 cm³/mol. The molecule has 0 aliphatic rings. The quantitative estimate of drug-likeness (QED) is 0.795. The van der Waals surface area contributed by atoms with Crippen LogP contribution in [-0.2, 0) is 4.74 Å². The molecule has 0 bridgehead atoms. The van der Waals surface area contributed by atoms with E-state index in [0.717, 1.165) is 17.2 Å². The van der Waals surface area contributed by atoms with E-state index in [4.69, 9.17) is 4.74 Å². The molecule has 0 saturated carbocycles. The Labute approximate surface area is 106 Å². The number of anilines is 1. The zero-order valence-electron chi connectivity index (χ0n) is 10.6. The molecule has 2 aromatic heterocycles. The molecule has 0 spiro atoms. The summed E-state index contributed by atoms with van der Waals surface area (Å²) < 4.78 is 6.86. The number of hydrogen-bond acceptors (Lipinski definition) is 5. The molecule has 0 radical (unpaired) electrons. The fourth-order valence-electron chi connectivity index (χ4n) is 1.70. The van der Waals surface area contributed by atoms with Gasteiger partial charge in [0.25, 0.3) is 0 Å². The molecule has 0 saturated heterocycles. The summed E-state index contributed by atoms with van der Waals surface area (Å²) >= 11 is 0. The molecule has 0 aliphatic carbocycles. The average molecular weight is 250 g/mol. The molecule has 2 heterocycles. The third-order valence-electron chi connectivity index (χ3n) is 2.52. The zero-order chi connectivity index (χ0) is 13.0. The number of hydrogen-bond donors (Lipinski definition) is 2. The summed E-state index contributed by atoms with van der Waals surface area (Å²) in [4.78, 5) is 4.35. The third kappa shape index (κ3) is 2.96. The van der Waals surface area contributed by atoms with Gasteiger partial charge in [-0.1, -0.05) is 0 Å². The van der Waals surface area contributed by atoms with Gasteiger partial charge in [-0.15, -0.1) is 0 Å². The van der Waals surface area contributed by atoms with E-state index < -0.39 is 6.10 Å². The van der Waals surface area contributed by atoms with E-state index in [0.29, 0.717) is 19.8 Å². The first-order chi connectivity index (χ1) is 8.70. The van der Waals surface area contributed by atoms with Gasteiger partial charge in [0.15, 0.2) is 5.65 Å². The molecule has 0 amide bonds. The largest absolute Gasteiger partial charge is 0.389 e. The smallest absolute Gasteiger partial charge is 0.157 e. The summed E-state index contributed by atoms with van der Waals surface area (Å²) in [6.45, 7) is 5.18. The predicted octanol–water partition coefficient (Wildman–Crippen LogP) is 0.847. The number of nitrogens with zero attached hydrogens (tertiary/aromatic N) is 3. The van der Waals surface area contributed by atoms with Crippen LogP contribution in [0.15, 0.2) is 18.3 Å². The minimum atomic E-state index is -0.538. The topological polar surface area (TPSA) is 71.7 Å². The molecule has 2 rings (SSSR count). The lowest BCUT2D eigenvalue weighted by molar-refractivity contribution is 0.0495. The summed E-state index contributed by atoms with van der Waals surface area (Å²) in [5.41, 5.74) is 1.70. The SMILES string of the molecule is CCOCC(O)CNc1cc(C)nc2ccnn12. The van der Waals surface area contributed by atoms with Crippen molar-refractivity contribution >= 4 is 11.5 Å². The monoisotopic (exact) mass is 250 g/mol. The Balaban J connectivity index is 2.04. The number of fused-ring (bicyclic) bond motifs is 1. The summed E-state index contributed by atoms with van der Waals surface area (Å²) in [5, 5.41) is 17.0. The van der Waals surface area contributed by atoms with Gasteiger partial charge in [0.1, 0.15) is 5.82 Å². The van der Waals surface area contributed by atoms with Crippen molar-refractivity contribution in [2.24, 2.45) is 0 Å². The van der Waals surface area contributed by atoms with Gasteiger partial charge >= 0.3 is 0 Å². The number of aliphatic hydroxyl groups excluding tert-OH is 1. The lowest BCUT2D eigenvalue weighted by atomic mass is 10.3. The number of aromatic nitrogens is 3. The first-order valence-corrected chi connectivity index (χ1v) is 6.01. The number of rotatable bonds is 6. The maximum absolute atomic E-state index is 9.70. The lowest BCUT2D eigenvalue weighted by Crippen LogP contribution is -2.25. The van der Waals surface area contributed by atoms with Crippen LogP contribution in [0.1, 0.15) is 12.6 Å². The molecule has 6 nitrogen and oxygen atoms in total. The Morgan fingerprint density at radius 2 is 2.39 bits per heavy atom. The molecule has 0 aliphatic heterocycles. The van der Waals surface area contributed by atoms with Crippen LogP contribution < -0.4 is 5.32 Å². The standard InChI is InChI=1S/C12H18N4O2/c1-3-18-8-10(17)7-13-12-6-9(2)15-11-4-5-14-16(11)12/h4-6,10,13,17H,3,7-8H2,1-2H3. The minimum Gasteiger partial charge on any atom is -0.389 e. The van der Waals surface area contributed by atoms with Gasteiger partial charge in [-0.05, 0) is 13.8 Å². The number of ether oxygens (including phenoxy) is 1. The summed E-state index contributed by atoms with van der Waals surface area (Å²) in [6.07, 6.45) is 1.16. The first kappa shape index (κ1) is 12.8. The van der Waals surface area contributed by atoms with Crippen LogP contribution in [0.2, 0.25) is 0 Å². The van der Waals surface area contributed by atoms with Gasteiger partial charge in [0.05, 0.1) is 18.9 Å². The van der Waals surface area contributed by atoms with Crippen molar-refractivity contribution in [2.45, 2.75) is 20.0 Å². The van der Waals surface area contributed by atoms with Crippen molar-refractivity contribution in [3.8, 4) is 0 Å². The van der Waals surface area contributed by atoms with Gasteiger partial charge in [-0.3, -0.25) is 0 Å². The number of aliphatic hydroxyl groups is 1. The Bertz CT molecular complexity index is 512. The third-order valence-corrected chi connectivity index (χ3v) is 2.52. The Morgan fingerprint density at radius 3 is 3.17 bits per heavy atom. The van der Waals surface area contributed by atoms with Crippen LogP contribution in [0.3, 0.4) is 0 Å². The fraction of sp³-hybridized carbons (Fsp3) is 0.500. The maximum Gasteiger partial charge on any atom is 0.157 e. The van der Waals surface area contributed by atoms with Crippen LogP contribution in [0.25, 0.3) is 5.65 Å². The molecule has 1 atom stereocenters. The van der Waals surface area contributed by atoms with Crippen molar-refractivity contribution in [3.63, 3.8) is 0 Å². The second-order valence-electron chi connectivity index (χ2n) is 4.08. The molecule has 18 heavy (non-hydrogen) atoms. The molecule has 2 aromatic rings. The molecule has 0 fully saturated rings. The Kier molecular flexibility index (Phi) is 4.11. The summed E-state index contributed by atoms with van der Waals surface area (Å²) in [5.74, 6) is 0.818. The maximum atomic E-state index is 9.70. The van der Waals surface area contributed by atoms with Crippen LogP contribution in [-0.4, -0.2) is 45.6 Å². The highest BCUT2D eigenvalue weighted by molar-refractivity contribution is 5.48. The van der Waals surface area contributed by atoms with Crippen molar-refractivity contribution in [2.75, 3.05) is 25.1 Å². The van der Waals surface area contributed by atoms with Gasteiger partial charge < -0.3 is 15.2 Å². The van der Waals surface area contributed by atoms with E-state index in [1.807, 2.05) is 26.0 Å². The number of nitrogens with one attached hydrogen (secondary N) is 1. The number of aryl methyl sites for hydroxylation is 1. The average Bonchev–Trinajstić information content (AvgIpc) is 2.81. The second kappa shape index (κ2) is 5.79. The van der Waals surface area contributed by atoms with E-state index in [1.165, 1.54) is 0 Å². The van der Waals surface area contributed by atoms with Gasteiger partial charge in [-0.25, -0.2) is 4.98 Å². The van der Waals surface area contributed by atoms with Gasteiger partial charge in [0.2, 0.25) is 0 Å². The lowest BCUT2D eigenvalue weighted by Gasteiger charge is -2.13. The molecule has 98 valence electrons. The molecule has 1 unspecified atom stereocenters. The molecule has 6 heteroatoms. The van der Waals surface area contributed by atoms with Crippen molar-refractivity contribution in [1.82, 2.24) is 14.6 Å². The minimum absolute atomic E-state index is 0.329. The summed E-state index contributed by atoms with van der Waals surface area (Å²) in [6, 6.07) is 3.74. The van der Waals surface area contributed by atoms with E-state index in [1.54, 1.807) is 10.7 Å². The van der Waals surface area contributed by atoms with Gasteiger partial charge in [-0.2, -0.15) is 9.61 Å². The first-order valence-electron chi connectivity index (χ1n) is 6.01. The van der Waals surface area contributed by atoms with Gasteiger partial charge in [0, 0.05) is 31.0 Å². The van der Waals surface area contributed by atoms with Crippen LogP contribution in [0.5, 0.6) is 0 Å². The highest BCUT2D eigenvalue weighted by Crippen LogP contribution is 2.11. The highest BCUT2D eigenvalue weighted by atomic mass is 16.5. The molecule has 2 N–H and O–H groups in total. The van der Waals surface area contributed by atoms with Crippen molar-refractivity contribution in [3.05, 3.63) is 24.0 Å². The van der Waals surface area contributed by atoms with E-state index >= 15 is 0 Å².